The summed E-state index contributed by atoms with van der Waals surface area (Å²) < 4.78 is 5.00. The number of fused-ring (bicyclic) bond motifs is 1. The molecule has 106 valence electrons. The Hall–Kier alpha value is -1.64. The van der Waals surface area contributed by atoms with Crippen LogP contribution in [0.5, 0.6) is 0 Å². The van der Waals surface area contributed by atoms with Crippen molar-refractivity contribution in [1.29, 1.82) is 0 Å². The molecule has 1 N–H and O–H groups in total. The Bertz CT molecular complexity index is 574. The molecule has 2 rings (SSSR count). The van der Waals surface area contributed by atoms with E-state index < -0.39 is 0 Å². The second-order valence-electron chi connectivity index (χ2n) is 4.98. The Kier molecular flexibility index (Phi) is 5.78. The van der Waals surface area contributed by atoms with Crippen LogP contribution in [0.3, 0.4) is 0 Å². The molecule has 0 amide bonds. The summed E-state index contributed by atoms with van der Waals surface area (Å²) in [6.07, 6.45) is 3.34. The van der Waals surface area contributed by atoms with Gasteiger partial charge in [0.15, 0.2) is 0 Å². The van der Waals surface area contributed by atoms with Crippen LogP contribution in [0, 0.1) is 0 Å². The summed E-state index contributed by atoms with van der Waals surface area (Å²) in [5, 5.41) is 5.95. The standard InChI is InChI=1S/C18H23NO/c1-15(6-5-11-19-12-13-20-2)17-10-9-16-7-3-4-8-18(16)14-17/h3-4,6-10,14,19H,5,11-13H2,1-2H3. The lowest BCUT2D eigenvalue weighted by atomic mass is 10.0. The van der Waals surface area contributed by atoms with Crippen molar-refractivity contribution in [3.63, 3.8) is 0 Å². The Balaban J connectivity index is 1.94. The molecule has 0 unspecified atom stereocenters. The highest BCUT2D eigenvalue weighted by Gasteiger charge is 1.98. The van der Waals surface area contributed by atoms with Crippen LogP contribution < -0.4 is 5.32 Å². The summed E-state index contributed by atoms with van der Waals surface area (Å²) in [6.45, 7) is 4.86. The van der Waals surface area contributed by atoms with Crippen molar-refractivity contribution in [3.8, 4) is 0 Å². The topological polar surface area (TPSA) is 21.3 Å². The summed E-state index contributed by atoms with van der Waals surface area (Å²) >= 11 is 0. The third kappa shape index (κ3) is 4.19. The van der Waals surface area contributed by atoms with Crippen LogP contribution >= 0.6 is 0 Å². The molecule has 2 nitrogen and oxygen atoms in total. The van der Waals surface area contributed by atoms with E-state index in [1.54, 1.807) is 7.11 Å². The molecule has 2 heteroatoms. The Labute approximate surface area is 121 Å². The van der Waals surface area contributed by atoms with Gasteiger partial charge >= 0.3 is 0 Å². The molecule has 0 atom stereocenters. The van der Waals surface area contributed by atoms with E-state index in [1.165, 1.54) is 21.9 Å². The second-order valence-corrected chi connectivity index (χ2v) is 4.98. The number of benzene rings is 2. The average molecular weight is 269 g/mol. The predicted molar refractivity (Wildman–Crippen MR) is 87.0 cm³/mol. The fourth-order valence-corrected chi connectivity index (χ4v) is 2.24. The molecule has 0 radical (unpaired) electrons. The third-order valence-corrected chi connectivity index (χ3v) is 3.46. The van der Waals surface area contributed by atoms with Crippen LogP contribution in [0.15, 0.2) is 48.5 Å². The highest BCUT2D eigenvalue weighted by atomic mass is 16.5. The number of hydrogen-bond donors (Lipinski definition) is 1. The monoisotopic (exact) mass is 269 g/mol. The molecule has 20 heavy (non-hydrogen) atoms. The fourth-order valence-electron chi connectivity index (χ4n) is 2.24. The van der Waals surface area contributed by atoms with Gasteiger partial charge in [0.25, 0.3) is 0 Å². The van der Waals surface area contributed by atoms with Crippen molar-refractivity contribution in [1.82, 2.24) is 5.32 Å². The Morgan fingerprint density at radius 3 is 2.70 bits per heavy atom. The van der Waals surface area contributed by atoms with Gasteiger partial charge in [-0.05, 0) is 47.9 Å². The van der Waals surface area contributed by atoms with Gasteiger partial charge in [-0.3, -0.25) is 0 Å². The van der Waals surface area contributed by atoms with Gasteiger partial charge in [0.2, 0.25) is 0 Å². The molecule has 2 aromatic rings. The van der Waals surface area contributed by atoms with E-state index in [1.807, 2.05) is 0 Å². The SMILES string of the molecule is COCCNCCC=C(C)c1ccc2ccccc2c1. The van der Waals surface area contributed by atoms with Gasteiger partial charge in [0, 0.05) is 13.7 Å². The second kappa shape index (κ2) is 7.83. The summed E-state index contributed by atoms with van der Waals surface area (Å²) in [5.74, 6) is 0. The minimum Gasteiger partial charge on any atom is -0.383 e. The molecule has 0 heterocycles. The quantitative estimate of drug-likeness (QED) is 0.770. The molecule has 0 spiro atoms. The summed E-state index contributed by atoms with van der Waals surface area (Å²) in [7, 11) is 1.73. The molecular weight excluding hydrogens is 246 g/mol. The minimum atomic E-state index is 0.771. The van der Waals surface area contributed by atoms with Crippen molar-refractivity contribution in [2.75, 3.05) is 26.8 Å². The first-order valence-electron chi connectivity index (χ1n) is 7.17. The predicted octanol–water partition coefficient (Wildman–Crippen LogP) is 3.87. The molecular formula is C18H23NO. The van der Waals surface area contributed by atoms with Crippen LogP contribution in [-0.4, -0.2) is 26.8 Å². The minimum absolute atomic E-state index is 0.771. The molecule has 0 saturated heterocycles. The molecule has 0 aliphatic heterocycles. The van der Waals surface area contributed by atoms with Crippen molar-refractivity contribution in [2.24, 2.45) is 0 Å². The summed E-state index contributed by atoms with van der Waals surface area (Å²) in [6, 6.07) is 15.1. The van der Waals surface area contributed by atoms with E-state index in [2.05, 4.69) is 60.8 Å². The zero-order valence-corrected chi connectivity index (χ0v) is 12.4. The lowest BCUT2D eigenvalue weighted by molar-refractivity contribution is 0.199. The summed E-state index contributed by atoms with van der Waals surface area (Å²) in [5.41, 5.74) is 2.64. The molecule has 0 fully saturated rings. The third-order valence-electron chi connectivity index (χ3n) is 3.46. The van der Waals surface area contributed by atoms with Gasteiger partial charge in [0.05, 0.1) is 6.61 Å². The van der Waals surface area contributed by atoms with Crippen LogP contribution in [0.4, 0.5) is 0 Å². The van der Waals surface area contributed by atoms with Gasteiger partial charge in [-0.2, -0.15) is 0 Å². The van der Waals surface area contributed by atoms with Crippen LogP contribution in [0.1, 0.15) is 18.9 Å². The molecule has 2 aromatic carbocycles. The molecule has 0 aliphatic rings. The van der Waals surface area contributed by atoms with Gasteiger partial charge in [-0.25, -0.2) is 0 Å². The molecule has 0 aliphatic carbocycles. The van der Waals surface area contributed by atoms with Crippen molar-refractivity contribution < 1.29 is 4.74 Å². The number of hydrogen-bond acceptors (Lipinski definition) is 2. The van der Waals surface area contributed by atoms with E-state index >= 15 is 0 Å². The highest BCUT2D eigenvalue weighted by molar-refractivity contribution is 5.86. The number of methoxy groups -OCH3 is 1. The zero-order valence-electron chi connectivity index (χ0n) is 12.4. The first kappa shape index (κ1) is 14.8. The maximum absolute atomic E-state index is 5.00. The summed E-state index contributed by atoms with van der Waals surface area (Å²) in [4.78, 5) is 0. The van der Waals surface area contributed by atoms with Crippen LogP contribution in [0.25, 0.3) is 16.3 Å². The number of nitrogens with one attached hydrogen (secondary N) is 1. The zero-order chi connectivity index (χ0) is 14.2. The first-order chi connectivity index (χ1) is 9.81. The maximum Gasteiger partial charge on any atom is 0.0587 e. The van der Waals surface area contributed by atoms with Crippen LogP contribution in [0.2, 0.25) is 0 Å². The number of rotatable bonds is 7. The lowest BCUT2D eigenvalue weighted by Crippen LogP contribution is -2.19. The van der Waals surface area contributed by atoms with E-state index in [0.29, 0.717) is 0 Å². The van der Waals surface area contributed by atoms with Gasteiger partial charge in [-0.15, -0.1) is 0 Å². The average Bonchev–Trinajstić information content (AvgIpc) is 2.50. The highest BCUT2D eigenvalue weighted by Crippen LogP contribution is 2.21. The van der Waals surface area contributed by atoms with Crippen molar-refractivity contribution in [2.45, 2.75) is 13.3 Å². The van der Waals surface area contributed by atoms with E-state index in [9.17, 15) is 0 Å². The maximum atomic E-state index is 5.00. The number of ether oxygens (including phenoxy) is 1. The normalized spacial score (nSPS) is 12.0. The fraction of sp³-hybridized carbons (Fsp3) is 0.333. The van der Waals surface area contributed by atoms with E-state index in [-0.39, 0.29) is 0 Å². The van der Waals surface area contributed by atoms with Crippen molar-refractivity contribution in [3.05, 3.63) is 54.1 Å². The lowest BCUT2D eigenvalue weighted by Gasteiger charge is -2.05. The molecule has 0 aromatic heterocycles. The molecule has 0 bridgehead atoms. The van der Waals surface area contributed by atoms with E-state index in [0.717, 1.165) is 26.1 Å². The van der Waals surface area contributed by atoms with Crippen molar-refractivity contribution >= 4 is 16.3 Å². The largest absolute Gasteiger partial charge is 0.383 e. The van der Waals surface area contributed by atoms with Gasteiger partial charge in [0.1, 0.15) is 0 Å². The number of allylic oxidation sites excluding steroid dienone is 1. The Morgan fingerprint density at radius 1 is 1.10 bits per heavy atom. The van der Waals surface area contributed by atoms with Crippen LogP contribution in [-0.2, 0) is 4.74 Å². The first-order valence-corrected chi connectivity index (χ1v) is 7.17. The smallest absolute Gasteiger partial charge is 0.0587 e. The van der Waals surface area contributed by atoms with Gasteiger partial charge in [-0.1, -0.05) is 42.5 Å². The van der Waals surface area contributed by atoms with E-state index in [4.69, 9.17) is 4.74 Å². The Morgan fingerprint density at radius 2 is 1.90 bits per heavy atom. The molecule has 0 saturated carbocycles. The van der Waals surface area contributed by atoms with Gasteiger partial charge < -0.3 is 10.1 Å².